The summed E-state index contributed by atoms with van der Waals surface area (Å²) >= 11 is 3.33. The number of nitrogens with zero attached hydrogens (tertiary/aromatic N) is 1. The molecule has 0 heterocycles. The smallest absolute Gasteiger partial charge is 0.343 e. The van der Waals surface area contributed by atoms with E-state index in [9.17, 15) is 9.59 Å². The van der Waals surface area contributed by atoms with Crippen LogP contribution in [0.15, 0.2) is 101 Å². The summed E-state index contributed by atoms with van der Waals surface area (Å²) in [7, 11) is 0. The molecular weight excluding hydrogens is 484 g/mol. The summed E-state index contributed by atoms with van der Waals surface area (Å²) in [6.07, 6.45) is 1.50. The Bertz CT molecular complexity index is 1310. The summed E-state index contributed by atoms with van der Waals surface area (Å²) in [6, 6.07) is 27.2. The SMILES string of the molecule is O=C(COc1cccc2ccccc12)NN=Cc1ccc(OC(=O)c2cccc(Br)c2)cc1. The van der Waals surface area contributed by atoms with Gasteiger partial charge in [0.05, 0.1) is 11.8 Å². The predicted octanol–water partition coefficient (Wildman–Crippen LogP) is 5.35. The molecule has 33 heavy (non-hydrogen) atoms. The monoisotopic (exact) mass is 502 g/mol. The van der Waals surface area contributed by atoms with Crippen LogP contribution in [0.4, 0.5) is 0 Å². The van der Waals surface area contributed by atoms with Crippen LogP contribution in [0.2, 0.25) is 0 Å². The number of esters is 1. The van der Waals surface area contributed by atoms with Crippen LogP contribution in [0, 0.1) is 0 Å². The highest BCUT2D eigenvalue weighted by Crippen LogP contribution is 2.25. The molecule has 4 aromatic carbocycles. The molecule has 4 aromatic rings. The molecule has 0 bridgehead atoms. The molecular formula is C26H19BrN2O4. The minimum atomic E-state index is -0.448. The second-order valence-corrected chi connectivity index (χ2v) is 7.94. The predicted molar refractivity (Wildman–Crippen MR) is 131 cm³/mol. The van der Waals surface area contributed by atoms with E-state index in [1.54, 1.807) is 42.5 Å². The largest absolute Gasteiger partial charge is 0.483 e. The van der Waals surface area contributed by atoms with E-state index < -0.39 is 5.97 Å². The Balaban J connectivity index is 1.27. The van der Waals surface area contributed by atoms with Gasteiger partial charge in [0.1, 0.15) is 11.5 Å². The Hall–Kier alpha value is -3.97. The molecule has 164 valence electrons. The van der Waals surface area contributed by atoms with E-state index in [-0.39, 0.29) is 12.5 Å². The van der Waals surface area contributed by atoms with Gasteiger partial charge in [0.2, 0.25) is 0 Å². The number of hydrogen-bond donors (Lipinski definition) is 1. The van der Waals surface area contributed by atoms with Crippen molar-refractivity contribution in [3.63, 3.8) is 0 Å². The zero-order valence-electron chi connectivity index (χ0n) is 17.4. The van der Waals surface area contributed by atoms with Crippen molar-refractivity contribution in [1.29, 1.82) is 0 Å². The van der Waals surface area contributed by atoms with Crippen LogP contribution in [-0.2, 0) is 4.79 Å². The van der Waals surface area contributed by atoms with Crippen LogP contribution < -0.4 is 14.9 Å². The molecule has 0 aliphatic carbocycles. The van der Waals surface area contributed by atoms with E-state index in [4.69, 9.17) is 9.47 Å². The highest BCUT2D eigenvalue weighted by atomic mass is 79.9. The van der Waals surface area contributed by atoms with Gasteiger partial charge >= 0.3 is 5.97 Å². The Morgan fingerprint density at radius 2 is 1.67 bits per heavy atom. The summed E-state index contributed by atoms with van der Waals surface area (Å²) in [5.41, 5.74) is 3.62. The number of fused-ring (bicyclic) bond motifs is 1. The number of halogens is 1. The molecule has 0 fully saturated rings. The fourth-order valence-electron chi connectivity index (χ4n) is 3.08. The Morgan fingerprint density at radius 3 is 2.48 bits per heavy atom. The van der Waals surface area contributed by atoms with Crippen LogP contribution in [0.25, 0.3) is 10.8 Å². The molecule has 0 atom stereocenters. The van der Waals surface area contributed by atoms with Gasteiger partial charge in [0, 0.05) is 9.86 Å². The lowest BCUT2D eigenvalue weighted by Crippen LogP contribution is -2.24. The van der Waals surface area contributed by atoms with Gasteiger partial charge in [-0.05, 0) is 59.5 Å². The quantitative estimate of drug-likeness (QED) is 0.160. The number of hydrazone groups is 1. The van der Waals surface area contributed by atoms with E-state index in [0.717, 1.165) is 20.8 Å². The van der Waals surface area contributed by atoms with Gasteiger partial charge < -0.3 is 9.47 Å². The lowest BCUT2D eigenvalue weighted by atomic mass is 10.1. The van der Waals surface area contributed by atoms with Crippen molar-refractivity contribution < 1.29 is 19.1 Å². The molecule has 4 rings (SSSR count). The van der Waals surface area contributed by atoms with Crippen molar-refractivity contribution in [1.82, 2.24) is 5.43 Å². The van der Waals surface area contributed by atoms with Crippen LogP contribution in [0.3, 0.4) is 0 Å². The zero-order valence-corrected chi connectivity index (χ0v) is 19.0. The topological polar surface area (TPSA) is 77.0 Å². The molecule has 0 aliphatic heterocycles. The number of carbonyl (C=O) groups excluding carboxylic acids is 2. The maximum atomic E-state index is 12.2. The summed E-state index contributed by atoms with van der Waals surface area (Å²) in [6.45, 7) is -0.157. The number of nitrogens with one attached hydrogen (secondary N) is 1. The van der Waals surface area contributed by atoms with Crippen LogP contribution in [0.1, 0.15) is 15.9 Å². The van der Waals surface area contributed by atoms with E-state index in [0.29, 0.717) is 17.1 Å². The summed E-state index contributed by atoms with van der Waals surface area (Å²) in [5.74, 6) is 0.222. The molecule has 7 heteroatoms. The normalized spacial score (nSPS) is 10.8. The average molecular weight is 503 g/mol. The summed E-state index contributed by atoms with van der Waals surface area (Å²) in [4.78, 5) is 24.3. The number of amides is 1. The van der Waals surface area contributed by atoms with Gasteiger partial charge in [0.15, 0.2) is 6.61 Å². The van der Waals surface area contributed by atoms with E-state index in [1.165, 1.54) is 6.21 Å². The molecule has 0 aromatic heterocycles. The van der Waals surface area contributed by atoms with Crippen LogP contribution >= 0.6 is 15.9 Å². The minimum Gasteiger partial charge on any atom is -0.483 e. The van der Waals surface area contributed by atoms with E-state index in [1.807, 2.05) is 48.5 Å². The van der Waals surface area contributed by atoms with Crippen molar-refractivity contribution in [3.05, 3.63) is 107 Å². The molecule has 0 saturated heterocycles. The van der Waals surface area contributed by atoms with Gasteiger partial charge in [-0.3, -0.25) is 4.79 Å². The standard InChI is InChI=1S/C26H19BrN2O4/c27-21-8-3-7-20(15-21)26(31)33-22-13-11-18(12-14-22)16-28-29-25(30)17-32-24-10-4-6-19-5-1-2-9-23(19)24/h1-16H,17H2,(H,29,30). The maximum absolute atomic E-state index is 12.2. The fraction of sp³-hybridized carbons (Fsp3) is 0.0385. The lowest BCUT2D eigenvalue weighted by molar-refractivity contribution is -0.123. The number of hydrogen-bond acceptors (Lipinski definition) is 5. The first-order chi connectivity index (χ1) is 16.1. The van der Waals surface area contributed by atoms with Crippen molar-refractivity contribution in [3.8, 4) is 11.5 Å². The van der Waals surface area contributed by atoms with Crippen LogP contribution in [-0.4, -0.2) is 24.7 Å². The van der Waals surface area contributed by atoms with E-state index >= 15 is 0 Å². The van der Waals surface area contributed by atoms with Gasteiger partial charge in [-0.25, -0.2) is 10.2 Å². The first-order valence-corrected chi connectivity index (χ1v) is 10.9. The molecule has 0 aliphatic rings. The van der Waals surface area contributed by atoms with Crippen molar-refractivity contribution in [2.24, 2.45) is 5.10 Å². The average Bonchev–Trinajstić information content (AvgIpc) is 2.84. The highest BCUT2D eigenvalue weighted by molar-refractivity contribution is 9.10. The maximum Gasteiger partial charge on any atom is 0.343 e. The third-order valence-corrected chi connectivity index (χ3v) is 5.16. The molecule has 0 radical (unpaired) electrons. The molecule has 1 amide bonds. The molecule has 0 unspecified atom stereocenters. The minimum absolute atomic E-state index is 0.157. The highest BCUT2D eigenvalue weighted by Gasteiger charge is 2.09. The summed E-state index contributed by atoms with van der Waals surface area (Å²) < 4.78 is 11.8. The third-order valence-electron chi connectivity index (χ3n) is 4.66. The second-order valence-electron chi connectivity index (χ2n) is 7.03. The number of benzene rings is 4. The Kier molecular flexibility index (Phi) is 7.12. The van der Waals surface area contributed by atoms with Crippen LogP contribution in [0.5, 0.6) is 11.5 Å². The number of rotatable bonds is 7. The first kappa shape index (κ1) is 22.2. The fourth-order valence-corrected chi connectivity index (χ4v) is 3.48. The molecule has 0 spiro atoms. The van der Waals surface area contributed by atoms with Gasteiger partial charge in [-0.1, -0.05) is 58.4 Å². The Labute approximate surface area is 199 Å². The zero-order chi connectivity index (χ0) is 23.0. The lowest BCUT2D eigenvalue weighted by Gasteiger charge is -2.08. The first-order valence-electron chi connectivity index (χ1n) is 10.1. The third kappa shape index (κ3) is 6.05. The van der Waals surface area contributed by atoms with Gasteiger partial charge in [-0.2, -0.15) is 5.10 Å². The van der Waals surface area contributed by atoms with Gasteiger partial charge in [-0.15, -0.1) is 0 Å². The summed E-state index contributed by atoms with van der Waals surface area (Å²) in [5, 5.41) is 5.93. The second kappa shape index (κ2) is 10.6. The van der Waals surface area contributed by atoms with E-state index in [2.05, 4.69) is 26.5 Å². The number of carbonyl (C=O) groups is 2. The Morgan fingerprint density at radius 1 is 0.909 bits per heavy atom. The molecule has 0 saturated carbocycles. The molecule has 1 N–H and O–H groups in total. The van der Waals surface area contributed by atoms with Crippen molar-refractivity contribution in [2.75, 3.05) is 6.61 Å². The molecule has 6 nitrogen and oxygen atoms in total. The number of ether oxygens (including phenoxy) is 2. The van der Waals surface area contributed by atoms with Crippen molar-refractivity contribution >= 4 is 44.8 Å². The van der Waals surface area contributed by atoms with Gasteiger partial charge in [0.25, 0.3) is 5.91 Å². The van der Waals surface area contributed by atoms with Crippen molar-refractivity contribution in [2.45, 2.75) is 0 Å².